The minimum atomic E-state index is -0.823. The number of esters is 1. The highest BCUT2D eigenvalue weighted by Crippen LogP contribution is 2.24. The van der Waals surface area contributed by atoms with E-state index in [1.54, 1.807) is 27.7 Å². The quantitative estimate of drug-likeness (QED) is 0.615. The molecule has 3 atom stereocenters. The Balaban J connectivity index is 2.75. The molecule has 1 rings (SSSR count). The van der Waals surface area contributed by atoms with E-state index in [1.165, 1.54) is 0 Å². The van der Waals surface area contributed by atoms with Crippen LogP contribution in [0, 0.1) is 5.92 Å². The van der Waals surface area contributed by atoms with Crippen LogP contribution in [0.1, 0.15) is 61.3 Å². The number of carbonyl (C=O) groups is 2. The van der Waals surface area contributed by atoms with Gasteiger partial charge in [0.1, 0.15) is 29.6 Å². The van der Waals surface area contributed by atoms with Crippen LogP contribution in [0.4, 0.5) is 4.79 Å². The van der Waals surface area contributed by atoms with Crippen LogP contribution < -0.4 is 10.1 Å². The van der Waals surface area contributed by atoms with Gasteiger partial charge < -0.3 is 19.5 Å². The van der Waals surface area contributed by atoms with Gasteiger partial charge in [-0.25, -0.2) is 9.59 Å². The van der Waals surface area contributed by atoms with Crippen LogP contribution >= 0.6 is 0 Å². The van der Waals surface area contributed by atoms with Crippen molar-refractivity contribution >= 4 is 12.1 Å². The topological polar surface area (TPSA) is 73.9 Å². The van der Waals surface area contributed by atoms with Crippen molar-refractivity contribution in [2.45, 2.75) is 85.2 Å². The molecule has 0 aliphatic carbocycles. The lowest BCUT2D eigenvalue weighted by atomic mass is 9.93. The molecular formula is C22H35NO5. The fraction of sp³-hybridized carbons (Fsp3) is 0.636. The molecule has 0 fully saturated rings. The Morgan fingerprint density at radius 1 is 1.04 bits per heavy atom. The summed E-state index contributed by atoms with van der Waals surface area (Å²) in [6, 6.07) is 8.68. The molecule has 0 aliphatic heterocycles. The SMILES string of the molecule is CCC(CC)[C@@H](Oc1ccccc1)[C@H](C)OC(=O)[C@H](C)NC(=O)OC(C)(C)C. The van der Waals surface area contributed by atoms with E-state index in [2.05, 4.69) is 19.2 Å². The highest BCUT2D eigenvalue weighted by Gasteiger charge is 2.31. The van der Waals surface area contributed by atoms with Gasteiger partial charge in [0.2, 0.25) is 0 Å². The molecule has 1 N–H and O–H groups in total. The lowest BCUT2D eigenvalue weighted by Gasteiger charge is -2.31. The minimum absolute atomic E-state index is 0.233. The fourth-order valence-electron chi connectivity index (χ4n) is 2.88. The van der Waals surface area contributed by atoms with E-state index in [4.69, 9.17) is 14.2 Å². The van der Waals surface area contributed by atoms with E-state index < -0.39 is 29.8 Å². The Morgan fingerprint density at radius 3 is 2.11 bits per heavy atom. The molecule has 1 aromatic carbocycles. The minimum Gasteiger partial charge on any atom is -0.486 e. The van der Waals surface area contributed by atoms with Gasteiger partial charge in [0.05, 0.1) is 0 Å². The fourth-order valence-corrected chi connectivity index (χ4v) is 2.88. The van der Waals surface area contributed by atoms with Gasteiger partial charge in [0, 0.05) is 0 Å². The molecule has 1 aromatic rings. The zero-order chi connectivity index (χ0) is 21.3. The summed E-state index contributed by atoms with van der Waals surface area (Å²) in [5, 5.41) is 2.51. The summed E-state index contributed by atoms with van der Waals surface area (Å²) >= 11 is 0. The number of hydrogen-bond acceptors (Lipinski definition) is 5. The Morgan fingerprint density at radius 2 is 1.61 bits per heavy atom. The van der Waals surface area contributed by atoms with Crippen LogP contribution in [0.3, 0.4) is 0 Å². The zero-order valence-electron chi connectivity index (χ0n) is 18.2. The standard InChI is InChI=1S/C22H35NO5/c1-8-17(9-2)19(27-18-13-11-10-12-14-18)16(4)26-20(24)15(3)23-21(25)28-22(5,6)7/h10-17,19H,8-9H2,1-7H3,(H,23,25)/t15-,16-,19-/m0/s1. The van der Waals surface area contributed by atoms with E-state index in [9.17, 15) is 9.59 Å². The van der Waals surface area contributed by atoms with E-state index in [-0.39, 0.29) is 12.0 Å². The van der Waals surface area contributed by atoms with Crippen molar-refractivity contribution in [3.05, 3.63) is 30.3 Å². The van der Waals surface area contributed by atoms with Gasteiger partial charge in [-0.15, -0.1) is 0 Å². The van der Waals surface area contributed by atoms with Crippen LogP contribution in [0.5, 0.6) is 5.75 Å². The second-order valence-electron chi connectivity index (χ2n) is 7.98. The highest BCUT2D eigenvalue weighted by atomic mass is 16.6. The number of carbonyl (C=O) groups excluding carboxylic acids is 2. The molecule has 0 unspecified atom stereocenters. The Labute approximate surface area is 168 Å². The zero-order valence-corrected chi connectivity index (χ0v) is 18.2. The van der Waals surface area contributed by atoms with Crippen molar-refractivity contribution in [1.82, 2.24) is 5.32 Å². The average molecular weight is 394 g/mol. The molecule has 6 nitrogen and oxygen atoms in total. The molecule has 0 radical (unpaired) electrons. The lowest BCUT2D eigenvalue weighted by Crippen LogP contribution is -2.46. The molecule has 0 saturated heterocycles. The third-order valence-corrected chi connectivity index (χ3v) is 4.38. The van der Waals surface area contributed by atoms with Crippen LogP contribution in [0.2, 0.25) is 0 Å². The first kappa shape index (κ1) is 23.8. The molecule has 28 heavy (non-hydrogen) atoms. The van der Waals surface area contributed by atoms with Crippen molar-refractivity contribution in [3.63, 3.8) is 0 Å². The maximum absolute atomic E-state index is 12.5. The number of hydrogen-bond donors (Lipinski definition) is 1. The Kier molecular flexibility index (Phi) is 9.29. The summed E-state index contributed by atoms with van der Waals surface area (Å²) in [7, 11) is 0. The lowest BCUT2D eigenvalue weighted by molar-refractivity contribution is -0.156. The normalized spacial score (nSPS) is 14.7. The number of nitrogens with one attached hydrogen (secondary N) is 1. The molecule has 0 heterocycles. The number of para-hydroxylation sites is 1. The third kappa shape index (κ3) is 8.19. The van der Waals surface area contributed by atoms with Crippen LogP contribution in [0.15, 0.2) is 30.3 Å². The van der Waals surface area contributed by atoms with E-state index in [0.717, 1.165) is 18.6 Å². The van der Waals surface area contributed by atoms with Crippen molar-refractivity contribution in [3.8, 4) is 5.75 Å². The van der Waals surface area contributed by atoms with Crippen LogP contribution in [-0.4, -0.2) is 35.9 Å². The second kappa shape index (κ2) is 10.9. The largest absolute Gasteiger partial charge is 0.486 e. The van der Waals surface area contributed by atoms with Gasteiger partial charge in [0.15, 0.2) is 0 Å². The molecular weight excluding hydrogens is 358 g/mol. The van der Waals surface area contributed by atoms with E-state index in [0.29, 0.717) is 0 Å². The molecule has 0 saturated carbocycles. The molecule has 6 heteroatoms. The smallest absolute Gasteiger partial charge is 0.408 e. The Bertz CT molecular complexity index is 607. The molecule has 0 spiro atoms. The first-order valence-corrected chi connectivity index (χ1v) is 9.99. The third-order valence-electron chi connectivity index (χ3n) is 4.38. The molecule has 0 bridgehead atoms. The molecule has 0 aromatic heterocycles. The van der Waals surface area contributed by atoms with Gasteiger partial charge in [-0.3, -0.25) is 0 Å². The van der Waals surface area contributed by atoms with Crippen LogP contribution in [0.25, 0.3) is 0 Å². The molecule has 1 amide bonds. The number of alkyl carbamates (subject to hydrolysis) is 1. The highest BCUT2D eigenvalue weighted by molar-refractivity contribution is 5.81. The predicted molar refractivity (Wildman–Crippen MR) is 109 cm³/mol. The summed E-state index contributed by atoms with van der Waals surface area (Å²) in [5.74, 6) is 0.449. The summed E-state index contributed by atoms with van der Waals surface area (Å²) in [6.45, 7) is 12.9. The maximum atomic E-state index is 12.5. The van der Waals surface area contributed by atoms with Crippen molar-refractivity contribution in [2.75, 3.05) is 0 Å². The van der Waals surface area contributed by atoms with E-state index >= 15 is 0 Å². The second-order valence-corrected chi connectivity index (χ2v) is 7.98. The first-order valence-electron chi connectivity index (χ1n) is 9.99. The Hall–Kier alpha value is -2.24. The number of benzene rings is 1. The van der Waals surface area contributed by atoms with Crippen molar-refractivity contribution < 1.29 is 23.8 Å². The van der Waals surface area contributed by atoms with Gasteiger partial charge in [-0.2, -0.15) is 0 Å². The maximum Gasteiger partial charge on any atom is 0.408 e. The number of rotatable bonds is 9. The van der Waals surface area contributed by atoms with Gasteiger partial charge >= 0.3 is 12.1 Å². The van der Waals surface area contributed by atoms with E-state index in [1.807, 2.05) is 37.3 Å². The monoisotopic (exact) mass is 393 g/mol. The number of ether oxygens (including phenoxy) is 3. The average Bonchev–Trinajstić information content (AvgIpc) is 2.60. The van der Waals surface area contributed by atoms with Crippen molar-refractivity contribution in [2.24, 2.45) is 5.92 Å². The molecule has 0 aliphatic rings. The van der Waals surface area contributed by atoms with Gasteiger partial charge in [0.25, 0.3) is 0 Å². The van der Waals surface area contributed by atoms with Gasteiger partial charge in [-0.05, 0) is 65.5 Å². The van der Waals surface area contributed by atoms with Gasteiger partial charge in [-0.1, -0.05) is 32.0 Å². The summed E-state index contributed by atoms with van der Waals surface area (Å²) in [5.41, 5.74) is -0.634. The van der Waals surface area contributed by atoms with Crippen molar-refractivity contribution in [1.29, 1.82) is 0 Å². The first-order chi connectivity index (χ1) is 13.1. The predicted octanol–water partition coefficient (Wildman–Crippen LogP) is 4.72. The van der Waals surface area contributed by atoms with Crippen LogP contribution in [-0.2, 0) is 14.3 Å². The molecule has 158 valence electrons. The summed E-state index contributed by atoms with van der Waals surface area (Å²) in [6.07, 6.45) is 0.403. The summed E-state index contributed by atoms with van der Waals surface area (Å²) in [4.78, 5) is 24.3. The summed E-state index contributed by atoms with van der Waals surface area (Å²) < 4.78 is 17.0. The number of amides is 1.